The van der Waals surface area contributed by atoms with Crippen molar-refractivity contribution in [3.05, 3.63) is 69.7 Å². The van der Waals surface area contributed by atoms with E-state index in [1.807, 2.05) is 39.8 Å². The van der Waals surface area contributed by atoms with Gasteiger partial charge in [-0.2, -0.15) is 13.2 Å². The summed E-state index contributed by atoms with van der Waals surface area (Å²) in [6.07, 6.45) is -0.0808. The lowest BCUT2D eigenvalue weighted by molar-refractivity contribution is -0.156. The molecule has 2 heterocycles. The molecule has 6 rings (SSSR count). The first-order valence-corrected chi connectivity index (χ1v) is 34.9. The van der Waals surface area contributed by atoms with Crippen molar-refractivity contribution in [1.82, 2.24) is 60.0 Å². The lowest BCUT2D eigenvalue weighted by Gasteiger charge is -2.43. The summed E-state index contributed by atoms with van der Waals surface area (Å²) in [4.78, 5) is 188. The summed E-state index contributed by atoms with van der Waals surface area (Å²) in [7, 11) is 12.7. The van der Waals surface area contributed by atoms with E-state index in [4.69, 9.17) is 11.6 Å². The van der Waals surface area contributed by atoms with Crippen molar-refractivity contribution in [2.75, 3.05) is 89.6 Å². The van der Waals surface area contributed by atoms with Gasteiger partial charge in [-0.3, -0.25) is 57.5 Å². The molecule has 4 aliphatic rings. The molecule has 28 heteroatoms. The van der Waals surface area contributed by atoms with Gasteiger partial charge in [0.25, 0.3) is 0 Å². The van der Waals surface area contributed by atoms with Crippen LogP contribution in [-0.4, -0.2) is 252 Å². The molecule has 8 atom stereocenters. The first-order chi connectivity index (χ1) is 46.4. The molecule has 1 spiro atoms. The van der Waals surface area contributed by atoms with E-state index in [1.165, 1.54) is 94.0 Å². The van der Waals surface area contributed by atoms with Gasteiger partial charge in [0.05, 0.1) is 36.6 Å². The number of benzene rings is 2. The number of rotatable bonds is 11. The fraction of sp³-hybridized carbons (Fsp3) is 0.662. The van der Waals surface area contributed by atoms with E-state index in [1.54, 1.807) is 19.1 Å². The maximum atomic E-state index is 15.6. The van der Waals surface area contributed by atoms with Crippen LogP contribution in [0.15, 0.2) is 42.5 Å². The number of carbonyl (C=O) groups is 12. The Hall–Kier alpha value is -7.84. The Labute approximate surface area is 585 Å². The SMILES string of the molecule is CC[C@H](C)[C@@H]1NC(=O)[C@H](CC(C)C)N(C)C(=O)C[C@@H](C(=O)N(C)C)N(C)C(=O)[C@H](C2CCCCC2)N(C)C(=O)C2(CCCC2)NC(=O)[C@@H]2CCCN2C(=O)[C@H](CCc2ccc(C(F)(F)F)c(Cl)c2)NC(=O)CN(C)C(=O)[C@H](Cc2ccc(C)cc2)N(C)C(=O)CN(C)C(=O)CN(C)C1=O. The zero-order valence-electron chi connectivity index (χ0n) is 60.1. The van der Waals surface area contributed by atoms with E-state index in [9.17, 15) is 51.5 Å². The van der Waals surface area contributed by atoms with Gasteiger partial charge in [0.2, 0.25) is 70.9 Å². The number of aryl methyl sites for hydroxylation is 2. The average molecular weight is 1410 g/mol. The Morgan fingerprint density at radius 2 is 1.25 bits per heavy atom. The van der Waals surface area contributed by atoms with Gasteiger partial charge in [-0.25, -0.2) is 0 Å². The monoisotopic (exact) mass is 1410 g/mol. The Morgan fingerprint density at radius 1 is 0.657 bits per heavy atom. The molecule has 0 bridgehead atoms. The zero-order valence-corrected chi connectivity index (χ0v) is 60.9. The summed E-state index contributed by atoms with van der Waals surface area (Å²) in [6.45, 7) is 7.33. The van der Waals surface area contributed by atoms with Crippen LogP contribution in [0.4, 0.5) is 13.2 Å². The Balaban J connectivity index is 1.44. The largest absolute Gasteiger partial charge is 0.417 e. The van der Waals surface area contributed by atoms with Crippen LogP contribution in [0.25, 0.3) is 0 Å². The molecule has 24 nitrogen and oxygen atoms in total. The summed E-state index contributed by atoms with van der Waals surface area (Å²) in [5, 5.41) is 8.07. The lowest BCUT2D eigenvalue weighted by Crippen LogP contribution is -2.65. The minimum Gasteiger partial charge on any atom is -0.347 e. The number of hydrogen-bond donors (Lipinski definition) is 3. The topological polar surface area (TPSA) is 270 Å². The first kappa shape index (κ1) is 80.1. The Kier molecular flexibility index (Phi) is 28.3. The number of likely N-dealkylation sites (N-methyl/N-ethyl adjacent to an activating group) is 8. The predicted octanol–water partition coefficient (Wildman–Crippen LogP) is 5.08. The smallest absolute Gasteiger partial charge is 0.347 e. The second-order valence-electron chi connectivity index (χ2n) is 28.5. The van der Waals surface area contributed by atoms with Crippen LogP contribution in [-0.2, 0) is 76.6 Å². The molecule has 2 aromatic rings. The molecule has 2 aromatic carbocycles. The molecule has 2 saturated heterocycles. The van der Waals surface area contributed by atoms with Crippen molar-refractivity contribution >= 4 is 82.5 Å². The van der Waals surface area contributed by atoms with Crippen molar-refractivity contribution in [2.45, 2.75) is 198 Å². The predicted molar refractivity (Wildman–Crippen MR) is 366 cm³/mol. The number of hydrogen-bond acceptors (Lipinski definition) is 12. The van der Waals surface area contributed by atoms with Crippen LogP contribution in [0.2, 0.25) is 5.02 Å². The molecule has 99 heavy (non-hydrogen) atoms. The molecule has 4 fully saturated rings. The molecule has 2 aliphatic heterocycles. The van der Waals surface area contributed by atoms with Crippen molar-refractivity contribution in [3.8, 4) is 0 Å². The Bertz CT molecular complexity index is 3270. The molecule has 548 valence electrons. The van der Waals surface area contributed by atoms with Gasteiger partial charge in [-0.05, 0) is 106 Å². The number of amides is 12. The number of halogens is 4. The summed E-state index contributed by atoms with van der Waals surface area (Å²) in [5.74, 6) is -9.37. The third kappa shape index (κ3) is 20.2. The number of carbonyl (C=O) groups excluding carboxylic acids is 12. The van der Waals surface area contributed by atoms with Gasteiger partial charge in [-0.1, -0.05) is 114 Å². The normalized spacial score (nSPS) is 25.0. The lowest BCUT2D eigenvalue weighted by atomic mass is 9.81. The molecule has 0 unspecified atom stereocenters. The standard InChI is InChI=1S/C71H104ClF3N12O12/c1-15-45(5)60-67(97)82(10)41-58(90)80(8)42-59(91)84(12)54(38-47-27-25-44(4)26-28-47)66(96)81(9)40-56(88)76-51(32-30-46-29-31-49(50(72)37-46)71(73,74)75)64(94)87-35-21-24-52(87)63(93)78-70(33-19-20-34-70)69(99)86(14)61(48-22-17-16-18-23-48)68(98)85(13)55(65(95)79(6)7)39-57(89)83(11)53(36-43(2)3)62(92)77-60/h25-29,31,37,43,45,48,51-55,60-61H,15-24,30,32-36,38-42H2,1-14H3,(H,76,88)(H,77,92)(H,78,93)/t45-,51-,52-,53-,54-,55-,60-,61-/m0/s1. The van der Waals surface area contributed by atoms with E-state index < -0.39 is 173 Å². The quantitative estimate of drug-likeness (QED) is 0.266. The van der Waals surface area contributed by atoms with Gasteiger partial charge in [0, 0.05) is 76.4 Å². The summed E-state index contributed by atoms with van der Waals surface area (Å²) in [5.41, 5.74) is -0.836. The van der Waals surface area contributed by atoms with Gasteiger partial charge >= 0.3 is 6.18 Å². The van der Waals surface area contributed by atoms with Crippen molar-refractivity contribution in [3.63, 3.8) is 0 Å². The summed E-state index contributed by atoms with van der Waals surface area (Å²) in [6, 6.07) is 1.29. The maximum Gasteiger partial charge on any atom is 0.417 e. The van der Waals surface area contributed by atoms with Gasteiger partial charge in [-0.15, -0.1) is 0 Å². The van der Waals surface area contributed by atoms with E-state index in [-0.39, 0.29) is 63.0 Å². The Morgan fingerprint density at radius 3 is 1.84 bits per heavy atom. The van der Waals surface area contributed by atoms with Crippen LogP contribution in [0.3, 0.4) is 0 Å². The number of fused-ring (bicyclic) bond motifs is 1. The highest BCUT2D eigenvalue weighted by molar-refractivity contribution is 6.31. The average Bonchev–Trinajstić information content (AvgIpc) is 1.70. The second kappa shape index (κ2) is 35.0. The van der Waals surface area contributed by atoms with Crippen LogP contribution in [0, 0.1) is 24.7 Å². The van der Waals surface area contributed by atoms with Crippen LogP contribution in [0.1, 0.15) is 146 Å². The molecular weight excluding hydrogens is 1310 g/mol. The highest BCUT2D eigenvalue weighted by atomic mass is 35.5. The van der Waals surface area contributed by atoms with Crippen LogP contribution in [0.5, 0.6) is 0 Å². The molecular formula is C71H104ClF3N12O12. The number of nitrogens with zero attached hydrogens (tertiary/aromatic N) is 9. The third-order valence-corrected chi connectivity index (χ3v) is 20.7. The highest BCUT2D eigenvalue weighted by Gasteiger charge is 2.51. The van der Waals surface area contributed by atoms with Crippen molar-refractivity contribution < 1.29 is 70.7 Å². The minimum absolute atomic E-state index is 0.0191. The van der Waals surface area contributed by atoms with Crippen LogP contribution < -0.4 is 16.0 Å². The van der Waals surface area contributed by atoms with E-state index in [0.29, 0.717) is 44.1 Å². The van der Waals surface area contributed by atoms with E-state index >= 15 is 19.2 Å². The molecule has 0 radical (unpaired) electrons. The van der Waals surface area contributed by atoms with Crippen LogP contribution >= 0.6 is 11.6 Å². The zero-order chi connectivity index (χ0) is 73.7. The highest BCUT2D eigenvalue weighted by Crippen LogP contribution is 2.38. The van der Waals surface area contributed by atoms with E-state index in [2.05, 4.69) is 16.0 Å². The van der Waals surface area contributed by atoms with Gasteiger partial charge < -0.3 is 60.0 Å². The third-order valence-electron chi connectivity index (χ3n) is 20.4. The molecule has 0 aromatic heterocycles. The number of nitrogens with one attached hydrogen (secondary N) is 3. The fourth-order valence-corrected chi connectivity index (χ4v) is 14.3. The molecule has 3 N–H and O–H groups in total. The van der Waals surface area contributed by atoms with Gasteiger partial charge in [0.15, 0.2) is 0 Å². The van der Waals surface area contributed by atoms with E-state index in [0.717, 1.165) is 56.6 Å². The summed E-state index contributed by atoms with van der Waals surface area (Å²) < 4.78 is 41.6. The second-order valence-corrected chi connectivity index (χ2v) is 28.9. The van der Waals surface area contributed by atoms with Crippen molar-refractivity contribution in [1.29, 1.82) is 0 Å². The molecule has 2 aliphatic carbocycles. The van der Waals surface area contributed by atoms with Crippen molar-refractivity contribution in [2.24, 2.45) is 17.8 Å². The fourth-order valence-electron chi connectivity index (χ4n) is 14.0. The first-order valence-electron chi connectivity index (χ1n) is 34.6. The molecule has 2 saturated carbocycles. The number of alkyl halides is 3. The maximum absolute atomic E-state index is 15.6. The summed E-state index contributed by atoms with van der Waals surface area (Å²) >= 11 is 6.14. The minimum atomic E-state index is -4.77. The molecule has 12 amide bonds. The van der Waals surface area contributed by atoms with Gasteiger partial charge in [0.1, 0.15) is 47.8 Å².